The number of hydrogen-bond donors (Lipinski definition) is 1. The Hall–Kier alpha value is -2.66. The van der Waals surface area contributed by atoms with Crippen molar-refractivity contribution in [2.75, 3.05) is 16.8 Å². The van der Waals surface area contributed by atoms with Crippen LogP contribution in [0.1, 0.15) is 53.0 Å². The van der Waals surface area contributed by atoms with Gasteiger partial charge >= 0.3 is 0 Å². The summed E-state index contributed by atoms with van der Waals surface area (Å²) in [5, 5.41) is 16.0. The van der Waals surface area contributed by atoms with E-state index in [0.29, 0.717) is 29.3 Å². The van der Waals surface area contributed by atoms with E-state index in [1.165, 1.54) is 0 Å². The first kappa shape index (κ1) is 16.8. The monoisotopic (exact) mass is 370 g/mol. The Morgan fingerprint density at radius 2 is 1.96 bits per heavy atom. The molecule has 1 saturated carbocycles. The van der Waals surface area contributed by atoms with Crippen LogP contribution in [0.15, 0.2) is 30.3 Å². The highest BCUT2D eigenvalue weighted by molar-refractivity contribution is 7.91. The maximum atomic E-state index is 12.5. The summed E-state index contributed by atoms with van der Waals surface area (Å²) in [5.41, 5.74) is 2.35. The molecule has 1 aliphatic heterocycles. The fraction of sp³-hybridized carbons (Fsp3) is 0.389. The predicted molar refractivity (Wildman–Crippen MR) is 95.6 cm³/mol. The van der Waals surface area contributed by atoms with Gasteiger partial charge in [-0.25, -0.2) is 8.42 Å². The minimum atomic E-state index is -3.02. The largest absolute Gasteiger partial charge is 0.321 e. The predicted octanol–water partition coefficient (Wildman–Crippen LogP) is 2.24. The van der Waals surface area contributed by atoms with Gasteiger partial charge in [-0.05, 0) is 49.6 Å². The molecule has 1 aliphatic carbocycles. The number of carbonyl (C=O) groups excluding carboxylic acids is 1. The maximum absolute atomic E-state index is 12.5. The van der Waals surface area contributed by atoms with E-state index in [1.807, 2.05) is 6.07 Å². The summed E-state index contributed by atoms with van der Waals surface area (Å²) >= 11 is 0. The molecule has 134 valence electrons. The standard InChI is InChI=1S/C18H18N4O3S/c19-10-12-1-5-14(6-2-12)20-18(23)16-9-17(13-3-4-13)22(21-16)15-7-8-26(24,25)11-15/h1-2,5-6,9,13,15H,3-4,7-8,11H2,(H,20,23). The molecule has 1 N–H and O–H groups in total. The lowest BCUT2D eigenvalue weighted by Crippen LogP contribution is -2.17. The molecule has 1 aromatic carbocycles. The molecule has 1 amide bonds. The zero-order chi connectivity index (χ0) is 18.3. The second kappa shape index (κ2) is 6.25. The van der Waals surface area contributed by atoms with Crippen molar-refractivity contribution < 1.29 is 13.2 Å². The fourth-order valence-corrected chi connectivity index (χ4v) is 4.98. The third kappa shape index (κ3) is 3.35. The normalized spacial score (nSPS) is 21.3. The second-order valence-electron chi connectivity index (χ2n) is 6.87. The van der Waals surface area contributed by atoms with Crippen molar-refractivity contribution in [3.8, 4) is 6.07 Å². The first-order valence-electron chi connectivity index (χ1n) is 8.56. The fourth-order valence-electron chi connectivity index (χ4n) is 3.29. The Balaban J connectivity index is 1.57. The number of nitriles is 1. The quantitative estimate of drug-likeness (QED) is 0.889. The van der Waals surface area contributed by atoms with Gasteiger partial charge in [0, 0.05) is 17.3 Å². The summed E-state index contributed by atoms with van der Waals surface area (Å²) in [6.07, 6.45) is 2.63. The second-order valence-corrected chi connectivity index (χ2v) is 9.10. The van der Waals surface area contributed by atoms with Crippen molar-refractivity contribution in [3.63, 3.8) is 0 Å². The van der Waals surface area contributed by atoms with E-state index in [9.17, 15) is 13.2 Å². The molecule has 8 heteroatoms. The Morgan fingerprint density at radius 1 is 1.23 bits per heavy atom. The van der Waals surface area contributed by atoms with Crippen LogP contribution in [0, 0.1) is 11.3 Å². The van der Waals surface area contributed by atoms with Gasteiger partial charge in [-0.1, -0.05) is 0 Å². The lowest BCUT2D eigenvalue weighted by molar-refractivity contribution is 0.102. The molecule has 1 atom stereocenters. The number of benzene rings is 1. The smallest absolute Gasteiger partial charge is 0.276 e. The number of nitrogens with zero attached hydrogens (tertiary/aromatic N) is 3. The van der Waals surface area contributed by atoms with Crippen LogP contribution in [0.3, 0.4) is 0 Å². The minimum Gasteiger partial charge on any atom is -0.321 e. The van der Waals surface area contributed by atoms with Gasteiger partial charge < -0.3 is 5.32 Å². The minimum absolute atomic E-state index is 0.0884. The summed E-state index contributed by atoms with van der Waals surface area (Å²) in [6, 6.07) is 10.2. The van der Waals surface area contributed by atoms with Crippen LogP contribution in [0.5, 0.6) is 0 Å². The number of rotatable bonds is 4. The maximum Gasteiger partial charge on any atom is 0.276 e. The molecule has 2 fully saturated rings. The molecular weight excluding hydrogens is 352 g/mol. The highest BCUT2D eigenvalue weighted by Gasteiger charge is 2.36. The molecule has 1 saturated heterocycles. The number of amides is 1. The summed E-state index contributed by atoms with van der Waals surface area (Å²) in [4.78, 5) is 12.5. The average molecular weight is 370 g/mol. The third-order valence-electron chi connectivity index (χ3n) is 4.82. The molecular formula is C18H18N4O3S. The van der Waals surface area contributed by atoms with Gasteiger partial charge in [-0.2, -0.15) is 10.4 Å². The van der Waals surface area contributed by atoms with Crippen LogP contribution in [0.2, 0.25) is 0 Å². The van der Waals surface area contributed by atoms with Crippen molar-refractivity contribution in [1.29, 1.82) is 5.26 Å². The molecule has 2 aliphatic rings. The van der Waals surface area contributed by atoms with Gasteiger partial charge in [0.1, 0.15) is 0 Å². The van der Waals surface area contributed by atoms with Gasteiger partial charge in [0.15, 0.2) is 15.5 Å². The van der Waals surface area contributed by atoms with Crippen LogP contribution < -0.4 is 5.32 Å². The van der Waals surface area contributed by atoms with E-state index in [4.69, 9.17) is 5.26 Å². The first-order valence-corrected chi connectivity index (χ1v) is 10.4. The average Bonchev–Trinajstić information content (AvgIpc) is 3.26. The zero-order valence-corrected chi connectivity index (χ0v) is 14.9. The van der Waals surface area contributed by atoms with Crippen molar-refractivity contribution in [1.82, 2.24) is 9.78 Å². The van der Waals surface area contributed by atoms with Crippen LogP contribution in [-0.4, -0.2) is 35.6 Å². The zero-order valence-electron chi connectivity index (χ0n) is 14.1. The molecule has 26 heavy (non-hydrogen) atoms. The summed E-state index contributed by atoms with van der Waals surface area (Å²) in [5.74, 6) is 0.290. The van der Waals surface area contributed by atoms with E-state index in [2.05, 4.69) is 10.4 Å². The van der Waals surface area contributed by atoms with Gasteiger partial charge in [0.25, 0.3) is 5.91 Å². The van der Waals surface area contributed by atoms with E-state index >= 15 is 0 Å². The molecule has 2 aromatic rings. The lowest BCUT2D eigenvalue weighted by Gasteiger charge is -2.12. The molecule has 2 heterocycles. The van der Waals surface area contributed by atoms with Crippen molar-refractivity contribution in [3.05, 3.63) is 47.3 Å². The topological polar surface area (TPSA) is 105 Å². The van der Waals surface area contributed by atoms with Crippen LogP contribution in [0.4, 0.5) is 5.69 Å². The number of hydrogen-bond acceptors (Lipinski definition) is 5. The van der Waals surface area contributed by atoms with E-state index in [0.717, 1.165) is 18.5 Å². The molecule has 4 rings (SSSR count). The molecule has 1 unspecified atom stereocenters. The van der Waals surface area contributed by atoms with Crippen molar-refractivity contribution in [2.45, 2.75) is 31.2 Å². The van der Waals surface area contributed by atoms with Crippen molar-refractivity contribution >= 4 is 21.4 Å². The molecule has 0 bridgehead atoms. The number of anilines is 1. The lowest BCUT2D eigenvalue weighted by atomic mass is 10.2. The van der Waals surface area contributed by atoms with Gasteiger partial charge in [0.05, 0.1) is 29.2 Å². The number of carbonyl (C=O) groups is 1. The Kier molecular flexibility index (Phi) is 4.04. The Morgan fingerprint density at radius 3 is 2.54 bits per heavy atom. The summed E-state index contributed by atoms with van der Waals surface area (Å²) < 4.78 is 25.4. The molecule has 0 spiro atoms. The van der Waals surface area contributed by atoms with Gasteiger partial charge in [-0.3, -0.25) is 9.48 Å². The SMILES string of the molecule is N#Cc1ccc(NC(=O)c2cc(C3CC3)n(C3CCS(=O)(=O)C3)n2)cc1. The van der Waals surface area contributed by atoms with Gasteiger partial charge in [0.2, 0.25) is 0 Å². The van der Waals surface area contributed by atoms with Crippen LogP contribution in [0.25, 0.3) is 0 Å². The number of sulfone groups is 1. The van der Waals surface area contributed by atoms with Crippen LogP contribution >= 0.6 is 0 Å². The first-order chi connectivity index (χ1) is 12.4. The van der Waals surface area contributed by atoms with Gasteiger partial charge in [-0.15, -0.1) is 0 Å². The summed E-state index contributed by atoms with van der Waals surface area (Å²) in [6.45, 7) is 0. The molecule has 0 radical (unpaired) electrons. The number of aromatic nitrogens is 2. The molecule has 7 nitrogen and oxygen atoms in total. The van der Waals surface area contributed by atoms with E-state index in [1.54, 1.807) is 35.0 Å². The highest BCUT2D eigenvalue weighted by Crippen LogP contribution is 2.42. The Labute approximate surface area is 151 Å². The third-order valence-corrected chi connectivity index (χ3v) is 6.57. The Bertz CT molecular complexity index is 998. The van der Waals surface area contributed by atoms with Crippen LogP contribution in [-0.2, 0) is 9.84 Å². The summed E-state index contributed by atoms with van der Waals surface area (Å²) in [7, 11) is -3.02. The van der Waals surface area contributed by atoms with E-state index < -0.39 is 9.84 Å². The molecule has 1 aromatic heterocycles. The van der Waals surface area contributed by atoms with Crippen molar-refractivity contribution in [2.24, 2.45) is 0 Å². The highest BCUT2D eigenvalue weighted by atomic mass is 32.2. The number of nitrogens with one attached hydrogen (secondary N) is 1. The van der Waals surface area contributed by atoms with E-state index in [-0.39, 0.29) is 23.5 Å².